The fourth-order valence-electron chi connectivity index (χ4n) is 3.73. The molecule has 0 radical (unpaired) electrons. The fraction of sp³-hybridized carbons (Fsp3) is 0.941. The van der Waals surface area contributed by atoms with Gasteiger partial charge in [-0.15, -0.1) is 0 Å². The summed E-state index contributed by atoms with van der Waals surface area (Å²) in [4.78, 5) is 14.4. The fourth-order valence-corrected chi connectivity index (χ4v) is 5.80. The first-order chi connectivity index (χ1) is 10.9. The minimum absolute atomic E-state index is 0.00667. The SMILES string of the molecule is CC(C)N(CC(=O)N1CCCCCC1)S(=O)(=O)CC1CCCC1. The van der Waals surface area contributed by atoms with Crippen molar-refractivity contribution in [2.24, 2.45) is 5.92 Å². The number of carbonyl (C=O) groups is 1. The standard InChI is InChI=1S/C17H32N2O3S/c1-15(2)19(23(21,22)14-16-9-5-6-10-16)13-17(20)18-11-7-3-4-8-12-18/h15-16H,3-14H2,1-2H3. The molecule has 1 aliphatic carbocycles. The molecule has 5 nitrogen and oxygen atoms in total. The summed E-state index contributed by atoms with van der Waals surface area (Å²) in [7, 11) is -3.36. The largest absolute Gasteiger partial charge is 0.342 e. The van der Waals surface area contributed by atoms with Crippen LogP contribution in [0.5, 0.6) is 0 Å². The van der Waals surface area contributed by atoms with Gasteiger partial charge in [-0.1, -0.05) is 25.7 Å². The van der Waals surface area contributed by atoms with E-state index in [-0.39, 0.29) is 30.2 Å². The molecular weight excluding hydrogens is 312 g/mol. The van der Waals surface area contributed by atoms with Crippen molar-refractivity contribution in [3.8, 4) is 0 Å². The molecule has 2 aliphatic rings. The van der Waals surface area contributed by atoms with Gasteiger partial charge >= 0.3 is 0 Å². The maximum atomic E-state index is 12.8. The Bertz CT molecular complexity index is 476. The van der Waals surface area contributed by atoms with Crippen molar-refractivity contribution in [3.05, 3.63) is 0 Å². The molecule has 23 heavy (non-hydrogen) atoms. The Morgan fingerprint density at radius 3 is 2.13 bits per heavy atom. The lowest BCUT2D eigenvalue weighted by atomic mass is 10.1. The van der Waals surface area contributed by atoms with Gasteiger partial charge in [-0.05, 0) is 45.4 Å². The van der Waals surface area contributed by atoms with Gasteiger partial charge in [0.25, 0.3) is 0 Å². The maximum absolute atomic E-state index is 12.8. The van der Waals surface area contributed by atoms with Crippen LogP contribution in [0.2, 0.25) is 0 Å². The molecule has 6 heteroatoms. The van der Waals surface area contributed by atoms with E-state index in [1.54, 1.807) is 0 Å². The van der Waals surface area contributed by atoms with E-state index < -0.39 is 10.0 Å². The van der Waals surface area contributed by atoms with E-state index in [9.17, 15) is 13.2 Å². The molecule has 1 saturated heterocycles. The van der Waals surface area contributed by atoms with Gasteiger partial charge in [-0.25, -0.2) is 8.42 Å². The number of amides is 1. The predicted octanol–water partition coefficient (Wildman–Crippen LogP) is 2.62. The van der Waals surface area contributed by atoms with Crippen LogP contribution in [-0.4, -0.2) is 55.0 Å². The van der Waals surface area contributed by atoms with Gasteiger partial charge in [-0.3, -0.25) is 4.79 Å². The van der Waals surface area contributed by atoms with Crippen LogP contribution in [-0.2, 0) is 14.8 Å². The molecule has 0 aromatic carbocycles. The van der Waals surface area contributed by atoms with Crippen LogP contribution >= 0.6 is 0 Å². The van der Waals surface area contributed by atoms with E-state index in [0.717, 1.165) is 64.5 Å². The zero-order valence-corrected chi connectivity index (χ0v) is 15.5. The highest BCUT2D eigenvalue weighted by atomic mass is 32.2. The second-order valence-corrected chi connectivity index (χ2v) is 9.33. The Kier molecular flexibility index (Phi) is 6.89. The van der Waals surface area contributed by atoms with Gasteiger partial charge in [0.15, 0.2) is 0 Å². The first kappa shape index (κ1) is 18.7. The molecule has 1 amide bonds. The molecule has 1 aliphatic heterocycles. The molecule has 134 valence electrons. The van der Waals surface area contributed by atoms with Crippen molar-refractivity contribution in [1.82, 2.24) is 9.21 Å². The van der Waals surface area contributed by atoms with Gasteiger partial charge in [0, 0.05) is 19.1 Å². The number of hydrogen-bond acceptors (Lipinski definition) is 3. The Balaban J connectivity index is 2.00. The van der Waals surface area contributed by atoms with E-state index in [1.807, 2.05) is 18.7 Å². The average Bonchev–Trinajstić information content (AvgIpc) is 2.82. The Morgan fingerprint density at radius 1 is 1.04 bits per heavy atom. The first-order valence-electron chi connectivity index (χ1n) is 9.17. The third-order valence-corrected chi connectivity index (χ3v) is 7.26. The quantitative estimate of drug-likeness (QED) is 0.744. The number of nitrogens with zero attached hydrogens (tertiary/aromatic N) is 2. The molecule has 0 aromatic heterocycles. The van der Waals surface area contributed by atoms with E-state index in [1.165, 1.54) is 4.31 Å². The molecule has 0 aromatic rings. The summed E-state index contributed by atoms with van der Waals surface area (Å²) >= 11 is 0. The third kappa shape index (κ3) is 5.45. The molecule has 0 spiro atoms. The van der Waals surface area contributed by atoms with Gasteiger partial charge in [0.1, 0.15) is 0 Å². The van der Waals surface area contributed by atoms with E-state index in [4.69, 9.17) is 0 Å². The average molecular weight is 345 g/mol. The Labute approximate surface area is 141 Å². The molecule has 0 bridgehead atoms. The van der Waals surface area contributed by atoms with Crippen molar-refractivity contribution >= 4 is 15.9 Å². The summed E-state index contributed by atoms with van der Waals surface area (Å²) in [6, 6.07) is -0.169. The van der Waals surface area contributed by atoms with Gasteiger partial charge in [0.05, 0.1) is 12.3 Å². The monoisotopic (exact) mass is 344 g/mol. The summed E-state index contributed by atoms with van der Waals surface area (Å²) < 4.78 is 27.0. The number of rotatable bonds is 6. The third-order valence-electron chi connectivity index (χ3n) is 5.10. The molecular formula is C17H32N2O3S. The normalized spacial score (nSPS) is 21.1. The van der Waals surface area contributed by atoms with E-state index in [2.05, 4.69) is 0 Å². The van der Waals surface area contributed by atoms with Crippen molar-refractivity contribution in [3.63, 3.8) is 0 Å². The zero-order valence-electron chi connectivity index (χ0n) is 14.7. The smallest absolute Gasteiger partial charge is 0.237 e. The minimum Gasteiger partial charge on any atom is -0.342 e. The summed E-state index contributed by atoms with van der Waals surface area (Å²) in [5, 5.41) is 0. The van der Waals surface area contributed by atoms with Gasteiger partial charge < -0.3 is 4.90 Å². The van der Waals surface area contributed by atoms with Crippen LogP contribution in [0, 0.1) is 5.92 Å². The van der Waals surface area contributed by atoms with Crippen LogP contribution in [0.4, 0.5) is 0 Å². The lowest BCUT2D eigenvalue weighted by Crippen LogP contribution is -2.47. The lowest BCUT2D eigenvalue weighted by Gasteiger charge is -2.29. The molecule has 1 saturated carbocycles. The topological polar surface area (TPSA) is 57.7 Å². The van der Waals surface area contributed by atoms with Crippen LogP contribution in [0.15, 0.2) is 0 Å². The molecule has 1 heterocycles. The van der Waals surface area contributed by atoms with Crippen LogP contribution in [0.25, 0.3) is 0 Å². The second kappa shape index (κ2) is 8.47. The first-order valence-corrected chi connectivity index (χ1v) is 10.8. The molecule has 0 unspecified atom stereocenters. The van der Waals surface area contributed by atoms with Crippen molar-refractivity contribution in [2.75, 3.05) is 25.4 Å². The van der Waals surface area contributed by atoms with Crippen molar-refractivity contribution in [2.45, 2.75) is 71.3 Å². The second-order valence-electron chi connectivity index (χ2n) is 7.36. The molecule has 0 N–H and O–H groups in total. The van der Waals surface area contributed by atoms with Crippen LogP contribution < -0.4 is 0 Å². The number of sulfonamides is 1. The van der Waals surface area contributed by atoms with Crippen LogP contribution in [0.1, 0.15) is 65.2 Å². The highest BCUT2D eigenvalue weighted by Crippen LogP contribution is 2.27. The van der Waals surface area contributed by atoms with Gasteiger partial charge in [0.2, 0.25) is 15.9 Å². The summed E-state index contributed by atoms with van der Waals surface area (Å²) in [5.41, 5.74) is 0. The highest BCUT2D eigenvalue weighted by Gasteiger charge is 2.32. The predicted molar refractivity (Wildman–Crippen MR) is 92.6 cm³/mol. The summed E-state index contributed by atoms with van der Waals surface area (Å²) in [6.07, 6.45) is 8.67. The Morgan fingerprint density at radius 2 is 1.61 bits per heavy atom. The number of hydrogen-bond donors (Lipinski definition) is 0. The number of carbonyl (C=O) groups excluding carboxylic acids is 1. The van der Waals surface area contributed by atoms with Crippen molar-refractivity contribution in [1.29, 1.82) is 0 Å². The van der Waals surface area contributed by atoms with Gasteiger partial charge in [-0.2, -0.15) is 4.31 Å². The molecule has 2 rings (SSSR count). The summed E-state index contributed by atoms with van der Waals surface area (Å²) in [6.45, 7) is 5.28. The summed E-state index contributed by atoms with van der Waals surface area (Å²) in [5.74, 6) is 0.448. The number of likely N-dealkylation sites (tertiary alicyclic amines) is 1. The lowest BCUT2D eigenvalue weighted by molar-refractivity contribution is -0.131. The maximum Gasteiger partial charge on any atom is 0.237 e. The van der Waals surface area contributed by atoms with Crippen LogP contribution in [0.3, 0.4) is 0 Å². The highest BCUT2D eigenvalue weighted by molar-refractivity contribution is 7.89. The minimum atomic E-state index is -3.36. The zero-order chi connectivity index (χ0) is 16.9. The molecule has 0 atom stereocenters. The van der Waals surface area contributed by atoms with Crippen molar-refractivity contribution < 1.29 is 13.2 Å². The van der Waals surface area contributed by atoms with E-state index >= 15 is 0 Å². The molecule has 2 fully saturated rings. The van der Waals surface area contributed by atoms with E-state index in [0.29, 0.717) is 0 Å². The Hall–Kier alpha value is -0.620.